The first-order chi connectivity index (χ1) is 17.6. The molecule has 37 heavy (non-hydrogen) atoms. The Morgan fingerprint density at radius 1 is 1.08 bits per heavy atom. The number of halogens is 1. The number of amides is 1. The lowest BCUT2D eigenvalue weighted by Gasteiger charge is -2.38. The Morgan fingerprint density at radius 3 is 2.38 bits per heavy atom. The molecule has 2 bridgehead atoms. The number of sulfone groups is 1. The Morgan fingerprint density at radius 2 is 1.76 bits per heavy atom. The number of hydrogen-bond acceptors (Lipinski definition) is 8. The maximum atomic E-state index is 14.8. The van der Waals surface area contributed by atoms with Gasteiger partial charge in [-0.3, -0.25) is 0 Å². The highest BCUT2D eigenvalue weighted by molar-refractivity contribution is 7.92. The highest BCUT2D eigenvalue weighted by Gasteiger charge is 2.49. The molecule has 198 valence electrons. The van der Waals surface area contributed by atoms with Gasteiger partial charge in [-0.05, 0) is 70.6 Å². The van der Waals surface area contributed by atoms with E-state index >= 15 is 0 Å². The van der Waals surface area contributed by atoms with Gasteiger partial charge in [-0.25, -0.2) is 27.6 Å². The molecule has 4 aliphatic rings. The van der Waals surface area contributed by atoms with Crippen LogP contribution in [0.1, 0.15) is 63.9 Å². The summed E-state index contributed by atoms with van der Waals surface area (Å²) in [7, 11) is -3.50. The third-order valence-corrected chi connectivity index (χ3v) is 10.1. The highest BCUT2D eigenvalue weighted by atomic mass is 32.2. The third kappa shape index (κ3) is 4.73. The van der Waals surface area contributed by atoms with Crippen molar-refractivity contribution in [3.63, 3.8) is 0 Å². The van der Waals surface area contributed by atoms with Gasteiger partial charge >= 0.3 is 6.09 Å². The van der Waals surface area contributed by atoms with Crippen LogP contribution in [0.3, 0.4) is 0 Å². The Hall–Kier alpha value is -2.95. The number of hydrogen-bond donors (Lipinski definition) is 0. The number of carbonyl (C=O) groups excluding carboxylic acids is 1. The van der Waals surface area contributed by atoms with E-state index in [0.29, 0.717) is 37.1 Å². The molecule has 0 radical (unpaired) electrons. The lowest BCUT2D eigenvalue weighted by molar-refractivity contribution is 0.0114. The lowest BCUT2D eigenvalue weighted by Crippen LogP contribution is -2.50. The zero-order valence-electron chi connectivity index (χ0n) is 20.9. The van der Waals surface area contributed by atoms with Crippen molar-refractivity contribution in [1.29, 1.82) is 0 Å². The van der Waals surface area contributed by atoms with Gasteiger partial charge in [0.2, 0.25) is 11.8 Å². The van der Waals surface area contributed by atoms with Crippen molar-refractivity contribution in [2.24, 2.45) is 0 Å². The summed E-state index contributed by atoms with van der Waals surface area (Å²) in [5, 5.41) is -0.420. The van der Waals surface area contributed by atoms with Gasteiger partial charge < -0.3 is 19.1 Å². The minimum atomic E-state index is -3.50. The van der Waals surface area contributed by atoms with E-state index < -0.39 is 20.9 Å². The minimum absolute atomic E-state index is 0.0422. The second-order valence-corrected chi connectivity index (χ2v) is 13.1. The zero-order valence-corrected chi connectivity index (χ0v) is 21.7. The number of fused-ring (bicyclic) bond motifs is 2. The quantitative estimate of drug-likeness (QED) is 0.505. The van der Waals surface area contributed by atoms with E-state index in [4.69, 9.17) is 14.2 Å². The molecule has 0 spiro atoms. The van der Waals surface area contributed by atoms with Crippen molar-refractivity contribution in [2.75, 3.05) is 0 Å². The summed E-state index contributed by atoms with van der Waals surface area (Å²) in [5.41, 5.74) is 0.205. The minimum Gasteiger partial charge on any atom is -0.474 e. The normalized spacial score (nSPS) is 26.0. The van der Waals surface area contributed by atoms with E-state index in [1.165, 1.54) is 18.5 Å². The molecule has 2 aliphatic heterocycles. The first-order valence-electron chi connectivity index (χ1n) is 12.8. The average molecular weight is 532 g/mol. The van der Waals surface area contributed by atoms with Gasteiger partial charge in [-0.1, -0.05) is 0 Å². The van der Waals surface area contributed by atoms with Gasteiger partial charge in [0.15, 0.2) is 21.4 Å². The van der Waals surface area contributed by atoms with Gasteiger partial charge in [-0.2, -0.15) is 0 Å². The smallest absolute Gasteiger partial charge is 0.410 e. The fourth-order valence-electron chi connectivity index (χ4n) is 5.28. The second kappa shape index (κ2) is 8.82. The van der Waals surface area contributed by atoms with Gasteiger partial charge in [0.05, 0.1) is 15.7 Å². The standard InChI is InChI=1S/C26H30FN3O6S/c1-15-23(34-18-11-16-3-4-17(12-18)30(16)25(31)36-26(2)9-10-26)28-14-29-24(15)35-22-8-7-20(13-21(22)27)37(32,33)19-5-6-19/h7-8,13-14,16-19H,3-6,9-12H2,1-2H3/t16-,17?,18?/m0/s1. The summed E-state index contributed by atoms with van der Waals surface area (Å²) >= 11 is 0. The molecule has 6 rings (SSSR count). The summed E-state index contributed by atoms with van der Waals surface area (Å²) < 4.78 is 57.2. The number of rotatable bonds is 7. The van der Waals surface area contributed by atoms with Crippen molar-refractivity contribution in [1.82, 2.24) is 14.9 Å². The number of aromatic nitrogens is 2. The SMILES string of the molecule is Cc1c(Oc2ccc(S(=O)(=O)C3CC3)cc2F)ncnc1OC1CC2CC[C@@H](C1)N2C(=O)OC1(C)CC1. The first kappa shape index (κ1) is 24.4. The average Bonchev–Trinajstić information content (AvgIpc) is 3.78. The van der Waals surface area contributed by atoms with Crippen LogP contribution in [0.25, 0.3) is 0 Å². The predicted molar refractivity (Wildman–Crippen MR) is 130 cm³/mol. The molecule has 1 aromatic carbocycles. The van der Waals surface area contributed by atoms with Crippen molar-refractivity contribution in [3.8, 4) is 17.5 Å². The molecule has 3 heterocycles. The van der Waals surface area contributed by atoms with Crippen molar-refractivity contribution in [3.05, 3.63) is 35.9 Å². The van der Waals surface area contributed by atoms with Crippen LogP contribution in [0.4, 0.5) is 9.18 Å². The Bertz CT molecular complexity index is 1330. The maximum Gasteiger partial charge on any atom is 0.410 e. The molecule has 2 saturated carbocycles. The van der Waals surface area contributed by atoms with Crippen LogP contribution in [0.2, 0.25) is 0 Å². The molecule has 9 nitrogen and oxygen atoms in total. The molecule has 4 fully saturated rings. The molecule has 2 aromatic rings. The summed E-state index contributed by atoms with van der Waals surface area (Å²) in [4.78, 5) is 23.0. The second-order valence-electron chi connectivity index (χ2n) is 10.9. The van der Waals surface area contributed by atoms with Gasteiger partial charge in [0, 0.05) is 24.9 Å². The molecule has 2 unspecified atom stereocenters. The molecule has 2 aliphatic carbocycles. The summed E-state index contributed by atoms with van der Waals surface area (Å²) in [5.74, 6) is -0.442. The maximum absolute atomic E-state index is 14.8. The van der Waals surface area contributed by atoms with Crippen LogP contribution >= 0.6 is 0 Å². The number of carbonyl (C=O) groups is 1. The van der Waals surface area contributed by atoms with Crippen LogP contribution in [0, 0.1) is 12.7 Å². The van der Waals surface area contributed by atoms with Gasteiger partial charge in [0.1, 0.15) is 18.0 Å². The number of ether oxygens (including phenoxy) is 3. The Kier molecular flexibility index (Phi) is 5.81. The van der Waals surface area contributed by atoms with Crippen LogP contribution < -0.4 is 9.47 Å². The van der Waals surface area contributed by atoms with E-state index in [-0.39, 0.29) is 46.4 Å². The van der Waals surface area contributed by atoms with E-state index in [9.17, 15) is 17.6 Å². The summed E-state index contributed by atoms with van der Waals surface area (Å²) in [6.07, 6.45) is 7.15. The summed E-state index contributed by atoms with van der Waals surface area (Å²) in [6.45, 7) is 3.70. The van der Waals surface area contributed by atoms with Gasteiger partial charge in [0.25, 0.3) is 0 Å². The highest BCUT2D eigenvalue weighted by Crippen LogP contribution is 2.43. The first-order valence-corrected chi connectivity index (χ1v) is 14.4. The monoisotopic (exact) mass is 531 g/mol. The van der Waals surface area contributed by atoms with Gasteiger partial charge in [-0.15, -0.1) is 0 Å². The van der Waals surface area contributed by atoms with E-state index in [2.05, 4.69) is 9.97 Å². The number of piperidine rings is 1. The largest absolute Gasteiger partial charge is 0.474 e. The summed E-state index contributed by atoms with van der Waals surface area (Å²) in [6, 6.07) is 3.79. The van der Waals surface area contributed by atoms with Crippen molar-refractivity contribution >= 4 is 15.9 Å². The van der Waals surface area contributed by atoms with Crippen LogP contribution in [0.5, 0.6) is 17.5 Å². The van der Waals surface area contributed by atoms with Crippen LogP contribution in [0.15, 0.2) is 29.4 Å². The molecule has 1 aromatic heterocycles. The molecule has 2 saturated heterocycles. The van der Waals surface area contributed by atoms with E-state index in [0.717, 1.165) is 31.7 Å². The fourth-order valence-corrected chi connectivity index (χ4v) is 6.94. The van der Waals surface area contributed by atoms with Crippen LogP contribution in [-0.4, -0.2) is 58.4 Å². The van der Waals surface area contributed by atoms with Crippen LogP contribution in [-0.2, 0) is 14.6 Å². The van der Waals surface area contributed by atoms with E-state index in [1.807, 2.05) is 11.8 Å². The molecule has 11 heteroatoms. The molecule has 0 N–H and O–H groups in total. The van der Waals surface area contributed by atoms with Crippen molar-refractivity contribution < 1.29 is 31.8 Å². The lowest BCUT2D eigenvalue weighted by atomic mass is 10.0. The Labute approximate surface area is 215 Å². The predicted octanol–water partition coefficient (Wildman–Crippen LogP) is 4.72. The third-order valence-electron chi connectivity index (χ3n) is 7.86. The molecular formula is C26H30FN3O6S. The Balaban J connectivity index is 1.13. The fraction of sp³-hybridized carbons (Fsp3) is 0.577. The number of nitrogens with zero attached hydrogens (tertiary/aromatic N) is 3. The molecule has 3 atom stereocenters. The van der Waals surface area contributed by atoms with E-state index in [1.54, 1.807) is 6.92 Å². The number of benzene rings is 1. The molecular weight excluding hydrogens is 501 g/mol. The molecule has 1 amide bonds. The zero-order chi connectivity index (χ0) is 25.9. The van der Waals surface area contributed by atoms with Crippen molar-refractivity contribution in [2.45, 2.75) is 99.1 Å². The topological polar surface area (TPSA) is 108 Å².